The number of fused-ring (bicyclic) bond motifs is 1. The number of carbonyl (C=O) groups excluding carboxylic acids is 2. The molecule has 24 heavy (non-hydrogen) atoms. The van der Waals surface area contributed by atoms with E-state index in [1.807, 2.05) is 30.3 Å². The Hall–Kier alpha value is -2.50. The second-order valence-electron chi connectivity index (χ2n) is 6.45. The van der Waals surface area contributed by atoms with Crippen LogP contribution in [0.5, 0.6) is 0 Å². The normalized spacial score (nSPS) is 23.6. The van der Waals surface area contributed by atoms with Crippen molar-refractivity contribution in [2.75, 3.05) is 6.54 Å². The average Bonchev–Trinajstić information content (AvgIpc) is 3.19. The van der Waals surface area contributed by atoms with Gasteiger partial charge in [-0.25, -0.2) is 0 Å². The topological polar surface area (TPSA) is 76.3 Å². The first-order valence-electron chi connectivity index (χ1n) is 8.47. The molecule has 1 aromatic heterocycles. The van der Waals surface area contributed by atoms with E-state index >= 15 is 0 Å². The molecule has 4 rings (SSSR count). The van der Waals surface area contributed by atoms with Crippen molar-refractivity contribution in [3.8, 4) is 11.4 Å². The summed E-state index contributed by atoms with van der Waals surface area (Å²) in [4.78, 5) is 30.6. The Bertz CT molecular complexity index is 732. The number of nitrogens with zero attached hydrogens (tertiary/aromatic N) is 3. The van der Waals surface area contributed by atoms with Gasteiger partial charge < -0.3 is 4.52 Å². The molecule has 124 valence electrons. The Morgan fingerprint density at radius 3 is 2.38 bits per heavy atom. The number of imide groups is 1. The molecule has 0 bridgehead atoms. The average molecular weight is 325 g/mol. The first-order chi connectivity index (χ1) is 11.7. The van der Waals surface area contributed by atoms with Crippen LogP contribution in [-0.4, -0.2) is 33.4 Å². The van der Waals surface area contributed by atoms with Gasteiger partial charge in [0.15, 0.2) is 0 Å². The number of hydrogen-bond acceptors (Lipinski definition) is 5. The third-order valence-corrected chi connectivity index (χ3v) is 4.98. The lowest BCUT2D eigenvalue weighted by Gasteiger charge is -2.19. The Labute approximate surface area is 139 Å². The van der Waals surface area contributed by atoms with Crippen LogP contribution in [0.3, 0.4) is 0 Å². The highest BCUT2D eigenvalue weighted by molar-refractivity contribution is 6.05. The third kappa shape index (κ3) is 2.62. The summed E-state index contributed by atoms with van der Waals surface area (Å²) in [6.07, 6.45) is 4.15. The summed E-state index contributed by atoms with van der Waals surface area (Å²) in [6, 6.07) is 9.57. The largest absolute Gasteiger partial charge is 0.339 e. The molecule has 6 nitrogen and oxygen atoms in total. The molecule has 2 aliphatic rings. The van der Waals surface area contributed by atoms with Gasteiger partial charge in [-0.3, -0.25) is 14.5 Å². The highest BCUT2D eigenvalue weighted by atomic mass is 16.5. The van der Waals surface area contributed by atoms with Gasteiger partial charge in [0, 0.05) is 18.5 Å². The Morgan fingerprint density at radius 1 is 1.04 bits per heavy atom. The van der Waals surface area contributed by atoms with Crippen LogP contribution in [0.2, 0.25) is 0 Å². The molecule has 2 unspecified atom stereocenters. The maximum atomic E-state index is 12.4. The molecule has 2 aromatic rings. The van der Waals surface area contributed by atoms with Crippen molar-refractivity contribution >= 4 is 11.8 Å². The SMILES string of the molecule is O=C1C2CCCCC2C(=O)N1CCc1nc(-c2ccccc2)no1. The van der Waals surface area contributed by atoms with Crippen LogP contribution in [0, 0.1) is 11.8 Å². The van der Waals surface area contributed by atoms with Gasteiger partial charge in [-0.2, -0.15) is 4.98 Å². The number of benzene rings is 1. The van der Waals surface area contributed by atoms with Crippen molar-refractivity contribution in [2.45, 2.75) is 32.1 Å². The van der Waals surface area contributed by atoms with Gasteiger partial charge in [-0.1, -0.05) is 48.3 Å². The number of amides is 2. The van der Waals surface area contributed by atoms with E-state index in [-0.39, 0.29) is 23.7 Å². The fourth-order valence-corrected chi connectivity index (χ4v) is 3.72. The number of aromatic nitrogens is 2. The maximum absolute atomic E-state index is 12.4. The van der Waals surface area contributed by atoms with Crippen molar-refractivity contribution in [3.05, 3.63) is 36.2 Å². The Balaban J connectivity index is 1.43. The van der Waals surface area contributed by atoms with E-state index in [2.05, 4.69) is 10.1 Å². The summed E-state index contributed by atoms with van der Waals surface area (Å²) < 4.78 is 5.26. The Morgan fingerprint density at radius 2 is 1.71 bits per heavy atom. The molecule has 0 spiro atoms. The van der Waals surface area contributed by atoms with Crippen LogP contribution < -0.4 is 0 Å². The van der Waals surface area contributed by atoms with E-state index in [0.717, 1.165) is 31.2 Å². The molecule has 1 aliphatic carbocycles. The number of carbonyl (C=O) groups is 2. The van der Waals surface area contributed by atoms with Gasteiger partial charge in [-0.05, 0) is 12.8 Å². The lowest BCUT2D eigenvalue weighted by Crippen LogP contribution is -2.33. The minimum atomic E-state index is -0.103. The number of hydrogen-bond donors (Lipinski definition) is 0. The van der Waals surface area contributed by atoms with E-state index in [9.17, 15) is 9.59 Å². The molecule has 2 fully saturated rings. The van der Waals surface area contributed by atoms with E-state index in [1.54, 1.807) is 0 Å². The highest BCUT2D eigenvalue weighted by Gasteiger charge is 2.47. The molecule has 0 radical (unpaired) electrons. The summed E-state index contributed by atoms with van der Waals surface area (Å²) in [5.41, 5.74) is 0.881. The lowest BCUT2D eigenvalue weighted by atomic mass is 9.81. The molecular formula is C18H19N3O3. The summed E-state index contributed by atoms with van der Waals surface area (Å²) in [5, 5.41) is 3.97. The van der Waals surface area contributed by atoms with Crippen molar-refractivity contribution in [2.24, 2.45) is 11.8 Å². The van der Waals surface area contributed by atoms with Crippen LogP contribution >= 0.6 is 0 Å². The van der Waals surface area contributed by atoms with Gasteiger partial charge in [0.25, 0.3) is 0 Å². The minimum absolute atomic E-state index is 0.0208. The maximum Gasteiger partial charge on any atom is 0.233 e. The second kappa shape index (κ2) is 6.19. The molecule has 1 saturated heterocycles. The van der Waals surface area contributed by atoms with Crippen molar-refractivity contribution in [3.63, 3.8) is 0 Å². The fourth-order valence-electron chi connectivity index (χ4n) is 3.72. The van der Waals surface area contributed by atoms with E-state index in [4.69, 9.17) is 4.52 Å². The third-order valence-electron chi connectivity index (χ3n) is 4.98. The second-order valence-corrected chi connectivity index (χ2v) is 6.45. The lowest BCUT2D eigenvalue weighted by molar-refractivity contribution is -0.139. The predicted molar refractivity (Wildman–Crippen MR) is 85.6 cm³/mol. The molecule has 1 saturated carbocycles. The van der Waals surface area contributed by atoms with Crippen LogP contribution in [0.1, 0.15) is 31.6 Å². The highest BCUT2D eigenvalue weighted by Crippen LogP contribution is 2.37. The van der Waals surface area contributed by atoms with Crippen molar-refractivity contribution in [1.29, 1.82) is 0 Å². The first-order valence-corrected chi connectivity index (χ1v) is 8.47. The molecular weight excluding hydrogens is 306 g/mol. The molecule has 1 aromatic carbocycles. The monoisotopic (exact) mass is 325 g/mol. The molecule has 2 atom stereocenters. The quantitative estimate of drug-likeness (QED) is 0.807. The molecule has 1 aliphatic heterocycles. The van der Waals surface area contributed by atoms with Gasteiger partial charge in [-0.15, -0.1) is 0 Å². The fraction of sp³-hybridized carbons (Fsp3) is 0.444. The molecule has 2 amide bonds. The van der Waals surface area contributed by atoms with Crippen molar-refractivity contribution in [1.82, 2.24) is 15.0 Å². The van der Waals surface area contributed by atoms with Crippen molar-refractivity contribution < 1.29 is 14.1 Å². The van der Waals surface area contributed by atoms with Crippen LogP contribution in [-0.2, 0) is 16.0 Å². The van der Waals surface area contributed by atoms with E-state index in [1.165, 1.54) is 4.90 Å². The van der Waals surface area contributed by atoms with Crippen LogP contribution in [0.15, 0.2) is 34.9 Å². The minimum Gasteiger partial charge on any atom is -0.339 e. The molecule has 6 heteroatoms. The summed E-state index contributed by atoms with van der Waals surface area (Å²) in [7, 11) is 0. The number of likely N-dealkylation sites (tertiary alicyclic amines) is 1. The summed E-state index contributed by atoms with van der Waals surface area (Å²) in [5.74, 6) is 0.727. The van der Waals surface area contributed by atoms with Gasteiger partial charge >= 0.3 is 0 Å². The first kappa shape index (κ1) is 15.1. The summed E-state index contributed by atoms with van der Waals surface area (Å²) in [6.45, 7) is 0.321. The predicted octanol–water partition coefficient (Wildman–Crippen LogP) is 2.45. The molecule has 0 N–H and O–H groups in total. The molecule has 2 heterocycles. The zero-order valence-electron chi connectivity index (χ0n) is 13.4. The summed E-state index contributed by atoms with van der Waals surface area (Å²) >= 11 is 0. The van der Waals surface area contributed by atoms with Crippen LogP contribution in [0.4, 0.5) is 0 Å². The van der Waals surface area contributed by atoms with Gasteiger partial charge in [0.05, 0.1) is 11.8 Å². The van der Waals surface area contributed by atoms with Gasteiger partial charge in [0.2, 0.25) is 23.5 Å². The van der Waals surface area contributed by atoms with E-state index < -0.39 is 0 Å². The Kier molecular flexibility index (Phi) is 3.88. The van der Waals surface area contributed by atoms with E-state index in [0.29, 0.717) is 24.7 Å². The van der Waals surface area contributed by atoms with Gasteiger partial charge in [0.1, 0.15) is 0 Å². The smallest absolute Gasteiger partial charge is 0.233 e. The van der Waals surface area contributed by atoms with Crippen LogP contribution in [0.25, 0.3) is 11.4 Å². The standard InChI is InChI=1S/C18H19N3O3/c22-17-13-8-4-5-9-14(13)18(23)21(17)11-10-15-19-16(20-24-15)12-6-2-1-3-7-12/h1-3,6-7,13-14H,4-5,8-11H2. The zero-order chi connectivity index (χ0) is 16.5. The zero-order valence-corrected chi connectivity index (χ0v) is 13.4. The number of rotatable bonds is 4.